The summed E-state index contributed by atoms with van der Waals surface area (Å²) in [6.07, 6.45) is 0. The Hall–Kier alpha value is -1.66. The molecule has 0 amide bonds. The van der Waals surface area contributed by atoms with Crippen LogP contribution in [0.5, 0.6) is 5.75 Å². The van der Waals surface area contributed by atoms with E-state index in [9.17, 15) is 0 Å². The molecule has 0 atom stereocenters. The Kier molecular flexibility index (Phi) is 5.11. The molecule has 2 rings (SSSR count). The molecule has 19 heavy (non-hydrogen) atoms. The summed E-state index contributed by atoms with van der Waals surface area (Å²) < 4.78 is 14.6. The number of hydrogen-bond donors (Lipinski definition) is 1. The second kappa shape index (κ2) is 7.06. The van der Waals surface area contributed by atoms with Crippen LogP contribution in [-0.2, 0) is 11.3 Å². The lowest BCUT2D eigenvalue weighted by Crippen LogP contribution is -2.05. The standard InChI is InChI=1S/C13H17N3O2S/c1-10-15-13(19-16-10)14-9-11-4-3-5-12(8-11)18-7-6-17-2/h3-5,8H,6-7,9H2,1-2H3,(H,14,15,16). The summed E-state index contributed by atoms with van der Waals surface area (Å²) in [5.41, 5.74) is 1.14. The molecule has 1 aromatic carbocycles. The Morgan fingerprint density at radius 1 is 1.32 bits per heavy atom. The molecule has 0 spiro atoms. The van der Waals surface area contributed by atoms with Crippen LogP contribution in [0.4, 0.5) is 5.13 Å². The Bertz CT molecular complexity index is 516. The second-order valence-electron chi connectivity index (χ2n) is 3.99. The van der Waals surface area contributed by atoms with Gasteiger partial charge in [0.25, 0.3) is 0 Å². The first-order valence-corrected chi connectivity index (χ1v) is 6.80. The van der Waals surface area contributed by atoms with E-state index >= 15 is 0 Å². The van der Waals surface area contributed by atoms with Gasteiger partial charge in [0.05, 0.1) is 6.61 Å². The maximum Gasteiger partial charge on any atom is 0.202 e. The quantitative estimate of drug-likeness (QED) is 0.789. The molecule has 102 valence electrons. The molecule has 0 unspecified atom stereocenters. The lowest BCUT2D eigenvalue weighted by Gasteiger charge is -2.08. The highest BCUT2D eigenvalue weighted by Crippen LogP contribution is 2.16. The molecule has 1 aromatic heterocycles. The van der Waals surface area contributed by atoms with E-state index < -0.39 is 0 Å². The molecule has 1 heterocycles. The fourth-order valence-electron chi connectivity index (χ4n) is 1.53. The molecule has 6 heteroatoms. The molecular weight excluding hydrogens is 262 g/mol. The third kappa shape index (κ3) is 4.50. The van der Waals surface area contributed by atoms with Gasteiger partial charge in [-0.05, 0) is 24.6 Å². The molecule has 0 radical (unpaired) electrons. The zero-order chi connectivity index (χ0) is 13.5. The van der Waals surface area contributed by atoms with Gasteiger partial charge in [0.15, 0.2) is 0 Å². The minimum atomic E-state index is 0.559. The molecule has 2 aromatic rings. The van der Waals surface area contributed by atoms with Gasteiger partial charge in [-0.2, -0.15) is 4.37 Å². The van der Waals surface area contributed by atoms with Gasteiger partial charge >= 0.3 is 0 Å². The van der Waals surface area contributed by atoms with Crippen LogP contribution in [0.3, 0.4) is 0 Å². The molecule has 0 saturated carbocycles. The molecular formula is C13H17N3O2S. The smallest absolute Gasteiger partial charge is 0.202 e. The van der Waals surface area contributed by atoms with E-state index in [4.69, 9.17) is 9.47 Å². The summed E-state index contributed by atoms with van der Waals surface area (Å²) in [5.74, 6) is 1.65. The van der Waals surface area contributed by atoms with Crippen molar-refractivity contribution in [2.75, 3.05) is 25.6 Å². The minimum absolute atomic E-state index is 0.559. The third-order valence-electron chi connectivity index (χ3n) is 2.43. The summed E-state index contributed by atoms with van der Waals surface area (Å²) in [6.45, 7) is 3.73. The van der Waals surface area contributed by atoms with Crippen LogP contribution in [0.15, 0.2) is 24.3 Å². The van der Waals surface area contributed by atoms with E-state index in [1.54, 1.807) is 7.11 Å². The van der Waals surface area contributed by atoms with Crippen molar-refractivity contribution in [1.82, 2.24) is 9.36 Å². The number of ether oxygens (including phenoxy) is 2. The average molecular weight is 279 g/mol. The highest BCUT2D eigenvalue weighted by Gasteiger charge is 2.01. The molecule has 0 aliphatic carbocycles. The predicted molar refractivity (Wildman–Crippen MR) is 75.8 cm³/mol. The zero-order valence-electron chi connectivity index (χ0n) is 11.0. The Morgan fingerprint density at radius 3 is 2.95 bits per heavy atom. The van der Waals surface area contributed by atoms with Crippen molar-refractivity contribution in [2.45, 2.75) is 13.5 Å². The van der Waals surface area contributed by atoms with Crippen molar-refractivity contribution in [3.8, 4) is 5.75 Å². The van der Waals surface area contributed by atoms with Gasteiger partial charge in [0.2, 0.25) is 5.13 Å². The normalized spacial score (nSPS) is 10.4. The number of anilines is 1. The first-order valence-electron chi connectivity index (χ1n) is 6.03. The highest BCUT2D eigenvalue weighted by molar-refractivity contribution is 7.09. The monoisotopic (exact) mass is 279 g/mol. The highest BCUT2D eigenvalue weighted by atomic mass is 32.1. The first kappa shape index (κ1) is 13.8. The Morgan fingerprint density at radius 2 is 2.21 bits per heavy atom. The molecule has 0 aliphatic rings. The number of aromatic nitrogens is 2. The topological polar surface area (TPSA) is 56.3 Å². The van der Waals surface area contributed by atoms with Crippen molar-refractivity contribution in [3.63, 3.8) is 0 Å². The predicted octanol–water partition coefficient (Wildman–Crippen LogP) is 2.48. The molecule has 0 aliphatic heterocycles. The summed E-state index contributed by atoms with van der Waals surface area (Å²) in [4.78, 5) is 4.26. The summed E-state index contributed by atoms with van der Waals surface area (Å²) in [6, 6.07) is 7.97. The zero-order valence-corrected chi connectivity index (χ0v) is 11.9. The Balaban J connectivity index is 1.87. The molecule has 5 nitrogen and oxygen atoms in total. The maximum absolute atomic E-state index is 5.57. The van der Waals surface area contributed by atoms with Crippen LogP contribution in [0.25, 0.3) is 0 Å². The van der Waals surface area contributed by atoms with Crippen molar-refractivity contribution in [3.05, 3.63) is 35.7 Å². The van der Waals surface area contributed by atoms with E-state index in [2.05, 4.69) is 14.7 Å². The summed E-state index contributed by atoms with van der Waals surface area (Å²) in [5, 5.41) is 4.08. The van der Waals surface area contributed by atoms with E-state index in [0.717, 1.165) is 22.3 Å². The number of rotatable bonds is 7. The van der Waals surface area contributed by atoms with E-state index in [-0.39, 0.29) is 0 Å². The van der Waals surface area contributed by atoms with Gasteiger partial charge in [0, 0.05) is 25.2 Å². The van der Waals surface area contributed by atoms with E-state index in [1.807, 2.05) is 31.2 Å². The van der Waals surface area contributed by atoms with Gasteiger partial charge in [-0.15, -0.1) is 0 Å². The van der Waals surface area contributed by atoms with Crippen molar-refractivity contribution < 1.29 is 9.47 Å². The fourth-order valence-corrected chi connectivity index (χ4v) is 2.10. The van der Waals surface area contributed by atoms with Gasteiger partial charge < -0.3 is 14.8 Å². The molecule has 0 bridgehead atoms. The number of hydrogen-bond acceptors (Lipinski definition) is 6. The van der Waals surface area contributed by atoms with E-state index in [1.165, 1.54) is 11.5 Å². The number of nitrogens with zero attached hydrogens (tertiary/aromatic N) is 2. The van der Waals surface area contributed by atoms with Crippen LogP contribution in [0.2, 0.25) is 0 Å². The maximum atomic E-state index is 5.57. The minimum Gasteiger partial charge on any atom is -0.491 e. The number of benzene rings is 1. The van der Waals surface area contributed by atoms with Crippen LogP contribution in [0, 0.1) is 6.92 Å². The largest absolute Gasteiger partial charge is 0.491 e. The number of methoxy groups -OCH3 is 1. The summed E-state index contributed by atoms with van der Waals surface area (Å²) >= 11 is 1.37. The third-order valence-corrected chi connectivity index (χ3v) is 3.19. The molecule has 0 fully saturated rings. The van der Waals surface area contributed by atoms with Gasteiger partial charge in [0.1, 0.15) is 18.2 Å². The van der Waals surface area contributed by atoms with Crippen molar-refractivity contribution in [2.24, 2.45) is 0 Å². The van der Waals surface area contributed by atoms with Gasteiger partial charge in [-0.1, -0.05) is 12.1 Å². The van der Waals surface area contributed by atoms with Crippen molar-refractivity contribution >= 4 is 16.7 Å². The molecule has 1 N–H and O–H groups in total. The summed E-state index contributed by atoms with van der Waals surface area (Å²) in [7, 11) is 1.66. The average Bonchev–Trinajstić information content (AvgIpc) is 2.83. The van der Waals surface area contributed by atoms with Gasteiger partial charge in [-0.3, -0.25) is 0 Å². The van der Waals surface area contributed by atoms with Crippen molar-refractivity contribution in [1.29, 1.82) is 0 Å². The number of aryl methyl sites for hydroxylation is 1. The lowest BCUT2D eigenvalue weighted by atomic mass is 10.2. The van der Waals surface area contributed by atoms with E-state index in [0.29, 0.717) is 19.8 Å². The van der Waals surface area contributed by atoms with Crippen LogP contribution in [-0.4, -0.2) is 29.7 Å². The second-order valence-corrected chi connectivity index (χ2v) is 4.74. The SMILES string of the molecule is COCCOc1cccc(CNc2nc(C)ns2)c1. The number of nitrogens with one attached hydrogen (secondary N) is 1. The first-order chi connectivity index (χ1) is 9.28. The van der Waals surface area contributed by atoms with Crippen LogP contribution < -0.4 is 10.1 Å². The van der Waals surface area contributed by atoms with Crippen LogP contribution in [0.1, 0.15) is 11.4 Å². The Labute approximate surface area is 116 Å². The molecule has 0 saturated heterocycles. The van der Waals surface area contributed by atoms with Gasteiger partial charge in [-0.25, -0.2) is 4.98 Å². The lowest BCUT2D eigenvalue weighted by molar-refractivity contribution is 0.146. The van der Waals surface area contributed by atoms with Crippen LogP contribution >= 0.6 is 11.5 Å². The fraction of sp³-hybridized carbons (Fsp3) is 0.385.